The van der Waals surface area contributed by atoms with E-state index in [1.54, 1.807) is 19.2 Å². The Morgan fingerprint density at radius 3 is 2.45 bits per heavy atom. The van der Waals surface area contributed by atoms with E-state index < -0.39 is 24.0 Å². The molecule has 0 amide bonds. The number of hydrogen-bond acceptors (Lipinski definition) is 5. The first kappa shape index (κ1) is 15.4. The third kappa shape index (κ3) is 3.57. The summed E-state index contributed by atoms with van der Waals surface area (Å²) in [6.07, 6.45) is 0.756. The molecular formula is C15H14N2O5. The topological polar surface area (TPSA) is 98.5 Å². The predicted molar refractivity (Wildman–Crippen MR) is 75.9 cm³/mol. The number of rotatable bonds is 7. The van der Waals surface area contributed by atoms with E-state index in [2.05, 4.69) is 5.10 Å². The van der Waals surface area contributed by atoms with E-state index in [9.17, 15) is 14.4 Å². The van der Waals surface area contributed by atoms with Gasteiger partial charge in [-0.1, -0.05) is 12.1 Å². The minimum absolute atomic E-state index is 0.199. The maximum atomic E-state index is 12.0. The maximum Gasteiger partial charge on any atom is 0.372 e. The highest BCUT2D eigenvalue weighted by Gasteiger charge is 2.20. The van der Waals surface area contributed by atoms with Gasteiger partial charge in [-0.15, -0.1) is 0 Å². The molecule has 0 radical (unpaired) electrons. The van der Waals surface area contributed by atoms with Gasteiger partial charge in [0.05, 0.1) is 20.1 Å². The van der Waals surface area contributed by atoms with Crippen LogP contribution in [0, 0.1) is 0 Å². The maximum absolute atomic E-state index is 12.0. The second kappa shape index (κ2) is 6.66. The summed E-state index contributed by atoms with van der Waals surface area (Å²) >= 11 is 0. The van der Waals surface area contributed by atoms with Crippen LogP contribution in [-0.2, 0) is 16.1 Å². The Balaban J connectivity index is 2.13. The molecule has 1 aromatic carbocycles. The number of nitrogens with zero attached hydrogens (tertiary/aromatic N) is 2. The fourth-order valence-corrected chi connectivity index (χ4v) is 1.91. The van der Waals surface area contributed by atoms with Gasteiger partial charge in [0.1, 0.15) is 11.4 Å². The van der Waals surface area contributed by atoms with Crippen molar-refractivity contribution in [3.63, 3.8) is 0 Å². The van der Waals surface area contributed by atoms with Crippen molar-refractivity contribution >= 4 is 17.5 Å². The number of Topliss-reactive ketones (excluding diaryl/α,β-unsaturated/α-hetero) is 2. The molecule has 114 valence electrons. The lowest BCUT2D eigenvalue weighted by Crippen LogP contribution is -2.19. The van der Waals surface area contributed by atoms with Crippen molar-refractivity contribution in [2.75, 3.05) is 7.11 Å². The third-order valence-corrected chi connectivity index (χ3v) is 3.05. The lowest BCUT2D eigenvalue weighted by atomic mass is 10.1. The number of aliphatic carboxylic acids is 1. The second-order valence-corrected chi connectivity index (χ2v) is 4.55. The summed E-state index contributed by atoms with van der Waals surface area (Å²) < 4.78 is 6.49. The van der Waals surface area contributed by atoms with Crippen LogP contribution in [0.4, 0.5) is 0 Å². The Bertz CT molecular complexity index is 703. The van der Waals surface area contributed by atoms with Crippen LogP contribution in [0.15, 0.2) is 36.5 Å². The molecule has 1 N–H and O–H groups in total. The quantitative estimate of drug-likeness (QED) is 0.468. The van der Waals surface area contributed by atoms with E-state index >= 15 is 0 Å². The molecule has 0 saturated heterocycles. The fourth-order valence-electron chi connectivity index (χ4n) is 1.91. The highest BCUT2D eigenvalue weighted by Crippen LogP contribution is 2.13. The number of carbonyl (C=O) groups excluding carboxylic acids is 2. The number of ketones is 2. The number of benzene rings is 1. The highest BCUT2D eigenvalue weighted by atomic mass is 16.5. The summed E-state index contributed by atoms with van der Waals surface area (Å²) in [7, 11) is 1.57. The van der Waals surface area contributed by atoms with E-state index in [1.807, 2.05) is 12.1 Å². The molecule has 0 atom stereocenters. The van der Waals surface area contributed by atoms with Crippen molar-refractivity contribution in [1.29, 1.82) is 0 Å². The normalized spacial score (nSPS) is 10.2. The van der Waals surface area contributed by atoms with Crippen LogP contribution in [0.25, 0.3) is 0 Å². The molecule has 0 spiro atoms. The van der Waals surface area contributed by atoms with Crippen LogP contribution < -0.4 is 4.74 Å². The molecule has 22 heavy (non-hydrogen) atoms. The third-order valence-electron chi connectivity index (χ3n) is 3.05. The Morgan fingerprint density at radius 2 is 1.86 bits per heavy atom. The number of carbonyl (C=O) groups is 3. The molecule has 1 aromatic heterocycles. The minimum atomic E-state index is -1.62. The molecule has 0 aliphatic rings. The van der Waals surface area contributed by atoms with Gasteiger partial charge in [0.15, 0.2) is 5.78 Å². The molecule has 0 saturated carbocycles. The molecule has 2 rings (SSSR count). The van der Waals surface area contributed by atoms with Gasteiger partial charge in [-0.25, -0.2) is 4.79 Å². The predicted octanol–water partition coefficient (Wildman–Crippen LogP) is 1.17. The van der Waals surface area contributed by atoms with Gasteiger partial charge >= 0.3 is 5.97 Å². The van der Waals surface area contributed by atoms with Gasteiger partial charge in [-0.2, -0.15) is 5.10 Å². The second-order valence-electron chi connectivity index (χ2n) is 4.55. The summed E-state index contributed by atoms with van der Waals surface area (Å²) in [5.41, 5.74) is 1.09. The van der Waals surface area contributed by atoms with E-state index in [0.717, 1.165) is 5.56 Å². The molecule has 2 aromatic rings. The summed E-state index contributed by atoms with van der Waals surface area (Å²) in [5, 5.41) is 12.6. The fraction of sp³-hybridized carbons (Fsp3) is 0.200. The molecule has 0 aliphatic heterocycles. The Hall–Kier alpha value is -2.96. The van der Waals surface area contributed by atoms with Gasteiger partial charge in [0, 0.05) is 6.20 Å². The molecule has 7 nitrogen and oxygen atoms in total. The Kier molecular flexibility index (Phi) is 4.67. The summed E-state index contributed by atoms with van der Waals surface area (Å²) in [6, 6.07) is 8.69. The highest BCUT2D eigenvalue weighted by molar-refractivity contribution is 6.37. The lowest BCUT2D eigenvalue weighted by Gasteiger charge is -2.07. The molecule has 0 fully saturated rings. The first-order valence-corrected chi connectivity index (χ1v) is 6.45. The van der Waals surface area contributed by atoms with Crippen molar-refractivity contribution in [1.82, 2.24) is 9.78 Å². The molecule has 0 aliphatic carbocycles. The lowest BCUT2D eigenvalue weighted by molar-refractivity contribution is -0.148. The number of aromatic nitrogens is 2. The van der Waals surface area contributed by atoms with Crippen molar-refractivity contribution in [2.45, 2.75) is 13.0 Å². The number of hydrogen-bond donors (Lipinski definition) is 1. The van der Waals surface area contributed by atoms with Gasteiger partial charge in [0.25, 0.3) is 0 Å². The van der Waals surface area contributed by atoms with Gasteiger partial charge in [0.2, 0.25) is 5.78 Å². The minimum Gasteiger partial charge on any atom is -0.497 e. The monoisotopic (exact) mass is 302 g/mol. The van der Waals surface area contributed by atoms with Gasteiger partial charge in [-0.3, -0.25) is 14.3 Å². The van der Waals surface area contributed by atoms with Crippen LogP contribution in [-0.4, -0.2) is 39.5 Å². The number of carboxylic acid groups (broad SMARTS) is 1. The standard InChI is InChI=1S/C15H14N2O5/c1-22-11-4-2-10(3-5-11)9-17-12(6-7-16-17)13(18)8-14(19)15(20)21/h2-7H,8-9H2,1H3,(H,20,21). The van der Waals surface area contributed by atoms with E-state index in [4.69, 9.17) is 9.84 Å². The summed E-state index contributed by atoms with van der Waals surface area (Å²) in [5.74, 6) is -2.61. The number of methoxy groups -OCH3 is 1. The number of ether oxygens (including phenoxy) is 1. The molecule has 1 heterocycles. The van der Waals surface area contributed by atoms with Gasteiger partial charge in [-0.05, 0) is 23.8 Å². The van der Waals surface area contributed by atoms with Crippen molar-refractivity contribution < 1.29 is 24.2 Å². The Labute approximate surface area is 126 Å². The van der Waals surface area contributed by atoms with Crippen LogP contribution in [0.3, 0.4) is 0 Å². The number of carboxylic acids is 1. The molecule has 7 heteroatoms. The zero-order chi connectivity index (χ0) is 16.1. The zero-order valence-electron chi connectivity index (χ0n) is 11.9. The van der Waals surface area contributed by atoms with Gasteiger partial charge < -0.3 is 9.84 Å². The zero-order valence-corrected chi connectivity index (χ0v) is 11.9. The van der Waals surface area contributed by atoms with Crippen molar-refractivity contribution in [3.05, 3.63) is 47.8 Å². The van der Waals surface area contributed by atoms with Crippen LogP contribution >= 0.6 is 0 Å². The molecule has 0 bridgehead atoms. The van der Waals surface area contributed by atoms with Crippen molar-refractivity contribution in [3.8, 4) is 5.75 Å². The summed E-state index contributed by atoms with van der Waals surface area (Å²) in [6.45, 7) is 0.333. The smallest absolute Gasteiger partial charge is 0.372 e. The largest absolute Gasteiger partial charge is 0.497 e. The first-order chi connectivity index (χ1) is 10.5. The molecule has 0 unspecified atom stereocenters. The molecular weight excluding hydrogens is 288 g/mol. The first-order valence-electron chi connectivity index (χ1n) is 6.45. The average Bonchev–Trinajstić information content (AvgIpc) is 2.96. The van der Waals surface area contributed by atoms with Crippen molar-refractivity contribution in [2.24, 2.45) is 0 Å². The average molecular weight is 302 g/mol. The van der Waals surface area contributed by atoms with Crippen LogP contribution in [0.2, 0.25) is 0 Å². The Morgan fingerprint density at radius 1 is 1.18 bits per heavy atom. The SMILES string of the molecule is COc1ccc(Cn2nccc2C(=O)CC(=O)C(=O)O)cc1. The van der Waals surface area contributed by atoms with Crippen LogP contribution in [0.1, 0.15) is 22.5 Å². The van der Waals surface area contributed by atoms with E-state index in [0.29, 0.717) is 12.3 Å². The van der Waals surface area contributed by atoms with E-state index in [1.165, 1.54) is 16.9 Å². The van der Waals surface area contributed by atoms with Crippen LogP contribution in [0.5, 0.6) is 5.75 Å². The summed E-state index contributed by atoms with van der Waals surface area (Å²) in [4.78, 5) is 33.6. The van der Waals surface area contributed by atoms with E-state index in [-0.39, 0.29) is 5.69 Å².